The van der Waals surface area contributed by atoms with Crippen LogP contribution < -0.4 is 5.32 Å². The number of hydrogen-bond acceptors (Lipinski definition) is 4. The normalized spacial score (nSPS) is 32.4. The summed E-state index contributed by atoms with van der Waals surface area (Å²) in [5.41, 5.74) is 7.26. The van der Waals surface area contributed by atoms with Gasteiger partial charge in [-0.15, -0.1) is 0 Å². The molecular formula is C13H22N4O3. The van der Waals surface area contributed by atoms with Crippen LogP contribution in [0.4, 0.5) is 4.79 Å². The van der Waals surface area contributed by atoms with Gasteiger partial charge in [0.25, 0.3) is 0 Å². The van der Waals surface area contributed by atoms with Crippen molar-refractivity contribution in [2.75, 3.05) is 13.2 Å². The summed E-state index contributed by atoms with van der Waals surface area (Å²) in [5, 5.41) is 6.60. The van der Waals surface area contributed by atoms with E-state index >= 15 is 0 Å². The van der Waals surface area contributed by atoms with E-state index in [1.807, 2.05) is 20.8 Å². The second-order valence-corrected chi connectivity index (χ2v) is 6.77. The fraction of sp³-hybridized carbons (Fsp3) is 0.923. The Hall–Kier alpha value is -1.46. The highest BCUT2D eigenvalue weighted by Gasteiger charge is 2.50. The molecular weight excluding hydrogens is 260 g/mol. The number of fused-ring (bicyclic) bond motifs is 3. The van der Waals surface area contributed by atoms with Crippen molar-refractivity contribution in [2.45, 2.75) is 63.2 Å². The monoisotopic (exact) mass is 282 g/mol. The Morgan fingerprint density at radius 2 is 2.05 bits per heavy atom. The van der Waals surface area contributed by atoms with Gasteiger partial charge < -0.3 is 14.8 Å². The van der Waals surface area contributed by atoms with Gasteiger partial charge in [-0.25, -0.2) is 4.79 Å². The maximum Gasteiger partial charge on any atom is 0.408 e. The Bertz CT molecular complexity index is 413. The van der Waals surface area contributed by atoms with Crippen molar-refractivity contribution < 1.29 is 14.3 Å². The minimum atomic E-state index is -0.504. The average Bonchev–Trinajstić information content (AvgIpc) is 2.36. The molecule has 0 unspecified atom stereocenters. The Morgan fingerprint density at radius 1 is 1.40 bits per heavy atom. The SMILES string of the molecule is CC(C)(C)OC(=O)NC12CCC(CN=[N+]=[N-])(CC1)OC2. The number of azide groups is 1. The highest BCUT2D eigenvalue weighted by atomic mass is 16.6. The number of carbonyl (C=O) groups is 1. The molecule has 1 N–H and O–H groups in total. The molecule has 3 rings (SSSR count). The number of rotatable bonds is 3. The first kappa shape index (κ1) is 14.9. The lowest BCUT2D eigenvalue weighted by Crippen LogP contribution is -2.64. The van der Waals surface area contributed by atoms with Crippen LogP contribution in [-0.4, -0.2) is 36.0 Å². The summed E-state index contributed by atoms with van der Waals surface area (Å²) in [7, 11) is 0. The van der Waals surface area contributed by atoms with E-state index in [2.05, 4.69) is 15.3 Å². The van der Waals surface area contributed by atoms with Crippen LogP contribution in [0.15, 0.2) is 5.11 Å². The summed E-state index contributed by atoms with van der Waals surface area (Å²) in [6, 6.07) is 0. The van der Waals surface area contributed by atoms with Gasteiger partial charge in [-0.05, 0) is 52.0 Å². The van der Waals surface area contributed by atoms with Crippen LogP contribution in [0.3, 0.4) is 0 Å². The standard InChI is InChI=1S/C13H22N4O3/c1-11(2,3)20-10(18)16-12-4-6-13(7-5-12,19-9-12)8-15-17-14/h4-9H2,1-3H3,(H,16,18). The zero-order valence-corrected chi connectivity index (χ0v) is 12.3. The van der Waals surface area contributed by atoms with Gasteiger partial charge >= 0.3 is 6.09 Å². The van der Waals surface area contributed by atoms with Crippen molar-refractivity contribution in [3.8, 4) is 0 Å². The molecule has 20 heavy (non-hydrogen) atoms. The van der Waals surface area contributed by atoms with E-state index < -0.39 is 11.7 Å². The molecule has 1 saturated carbocycles. The number of hydrogen-bond donors (Lipinski definition) is 1. The van der Waals surface area contributed by atoms with E-state index in [1.165, 1.54) is 0 Å². The molecule has 0 atom stereocenters. The molecule has 0 radical (unpaired) electrons. The first-order valence-corrected chi connectivity index (χ1v) is 6.94. The number of amides is 1. The van der Waals surface area contributed by atoms with Crippen molar-refractivity contribution in [2.24, 2.45) is 5.11 Å². The molecule has 2 saturated heterocycles. The highest BCUT2D eigenvalue weighted by Crippen LogP contribution is 2.43. The average molecular weight is 282 g/mol. The van der Waals surface area contributed by atoms with E-state index in [4.69, 9.17) is 15.0 Å². The van der Waals surface area contributed by atoms with E-state index in [-0.39, 0.29) is 11.1 Å². The summed E-state index contributed by atoms with van der Waals surface area (Å²) >= 11 is 0. The molecule has 0 aromatic heterocycles. The number of nitrogens with one attached hydrogen (secondary N) is 1. The smallest absolute Gasteiger partial charge is 0.408 e. The van der Waals surface area contributed by atoms with Crippen LogP contribution in [0, 0.1) is 0 Å². The second kappa shape index (κ2) is 5.14. The van der Waals surface area contributed by atoms with Gasteiger partial charge in [-0.1, -0.05) is 5.11 Å². The van der Waals surface area contributed by atoms with Crippen LogP contribution in [0.2, 0.25) is 0 Å². The maximum absolute atomic E-state index is 11.9. The Balaban J connectivity index is 1.93. The van der Waals surface area contributed by atoms with Gasteiger partial charge in [0, 0.05) is 4.91 Å². The van der Waals surface area contributed by atoms with Gasteiger partial charge in [0.05, 0.1) is 24.3 Å². The van der Waals surface area contributed by atoms with Crippen molar-refractivity contribution in [1.29, 1.82) is 0 Å². The Kier molecular flexibility index (Phi) is 3.84. The number of alkyl carbamates (subject to hydrolysis) is 1. The van der Waals surface area contributed by atoms with Crippen molar-refractivity contribution in [1.82, 2.24) is 5.32 Å². The first-order chi connectivity index (χ1) is 9.28. The predicted molar refractivity (Wildman–Crippen MR) is 73.3 cm³/mol. The molecule has 0 aromatic carbocycles. The third-order valence-electron chi connectivity index (χ3n) is 3.96. The lowest BCUT2D eigenvalue weighted by molar-refractivity contribution is -0.154. The van der Waals surface area contributed by atoms with Gasteiger partial charge in [-0.2, -0.15) is 0 Å². The van der Waals surface area contributed by atoms with E-state index in [9.17, 15) is 4.79 Å². The largest absolute Gasteiger partial charge is 0.444 e. The molecule has 0 spiro atoms. The molecule has 2 heterocycles. The zero-order chi connectivity index (χ0) is 14.9. The summed E-state index contributed by atoms with van der Waals surface area (Å²) in [6.45, 7) is 6.34. The predicted octanol–water partition coefficient (Wildman–Crippen LogP) is 2.90. The number of nitrogens with zero attached hydrogens (tertiary/aromatic N) is 3. The third-order valence-corrected chi connectivity index (χ3v) is 3.96. The molecule has 7 nitrogen and oxygen atoms in total. The van der Waals surface area contributed by atoms with E-state index in [0.29, 0.717) is 13.2 Å². The number of carbonyl (C=O) groups excluding carboxylic acids is 1. The number of ether oxygens (including phenoxy) is 2. The van der Waals surface area contributed by atoms with Gasteiger partial charge in [0.15, 0.2) is 0 Å². The lowest BCUT2D eigenvalue weighted by Gasteiger charge is -2.52. The second-order valence-electron chi connectivity index (χ2n) is 6.77. The van der Waals surface area contributed by atoms with Crippen LogP contribution in [-0.2, 0) is 9.47 Å². The molecule has 1 aliphatic carbocycles. The van der Waals surface area contributed by atoms with E-state index in [1.54, 1.807) is 0 Å². The first-order valence-electron chi connectivity index (χ1n) is 6.94. The van der Waals surface area contributed by atoms with Gasteiger partial charge in [0.2, 0.25) is 0 Å². The minimum Gasteiger partial charge on any atom is -0.444 e. The van der Waals surface area contributed by atoms with Gasteiger partial charge in [-0.3, -0.25) is 0 Å². The summed E-state index contributed by atoms with van der Waals surface area (Å²) < 4.78 is 11.2. The van der Waals surface area contributed by atoms with Crippen molar-refractivity contribution in [3.05, 3.63) is 10.4 Å². The highest BCUT2D eigenvalue weighted by molar-refractivity contribution is 5.69. The molecule has 2 bridgehead atoms. The molecule has 3 aliphatic rings. The zero-order valence-electron chi connectivity index (χ0n) is 12.3. The maximum atomic E-state index is 11.9. The van der Waals surface area contributed by atoms with Crippen molar-refractivity contribution >= 4 is 6.09 Å². The van der Waals surface area contributed by atoms with E-state index in [0.717, 1.165) is 25.7 Å². The van der Waals surface area contributed by atoms with Crippen LogP contribution >= 0.6 is 0 Å². The molecule has 3 fully saturated rings. The summed E-state index contributed by atoms with van der Waals surface area (Å²) in [4.78, 5) is 14.7. The minimum absolute atomic E-state index is 0.330. The fourth-order valence-corrected chi connectivity index (χ4v) is 2.81. The molecule has 7 heteroatoms. The molecule has 2 aliphatic heterocycles. The third kappa shape index (κ3) is 3.35. The molecule has 0 aromatic rings. The molecule has 112 valence electrons. The topological polar surface area (TPSA) is 96.3 Å². The van der Waals surface area contributed by atoms with Crippen LogP contribution in [0.25, 0.3) is 10.4 Å². The summed E-state index contributed by atoms with van der Waals surface area (Å²) in [5.74, 6) is 0. The fourth-order valence-electron chi connectivity index (χ4n) is 2.81. The Labute approximate surface area is 118 Å². The van der Waals surface area contributed by atoms with Crippen LogP contribution in [0.1, 0.15) is 46.5 Å². The quantitative estimate of drug-likeness (QED) is 0.489. The van der Waals surface area contributed by atoms with Gasteiger partial charge in [0.1, 0.15) is 5.60 Å². The Morgan fingerprint density at radius 3 is 2.50 bits per heavy atom. The lowest BCUT2D eigenvalue weighted by atomic mass is 9.71. The van der Waals surface area contributed by atoms with Crippen LogP contribution in [0.5, 0.6) is 0 Å². The van der Waals surface area contributed by atoms with Crippen molar-refractivity contribution in [3.63, 3.8) is 0 Å². The molecule has 1 amide bonds. The summed E-state index contributed by atoms with van der Waals surface area (Å²) in [6.07, 6.45) is 2.84.